The van der Waals surface area contributed by atoms with Crippen LogP contribution in [0.5, 0.6) is 0 Å². The standard InChI is InChI=1S/C54H58Si2/c1-33(2)55(34(3)4,35(5)6)29-27-43-39-19-13-15-21-41(39)51-31-50-48-26-18-24-46-44(28-30-56(36(7)8,37(9)10)38(11)12)40-20-14-16-22-42(40)52(54(46)48)32-49(50)47-25-17-23-45(43)53(47)51/h13-26,31-38H,1-12H3. The van der Waals surface area contributed by atoms with Crippen LogP contribution < -0.4 is 0 Å². The van der Waals surface area contributed by atoms with E-state index in [0.717, 1.165) is 0 Å². The summed E-state index contributed by atoms with van der Waals surface area (Å²) in [7, 11) is -3.92. The predicted octanol–water partition coefficient (Wildman–Crippen LogP) is 16.3. The van der Waals surface area contributed by atoms with Crippen LogP contribution in [-0.4, -0.2) is 16.1 Å². The lowest BCUT2D eigenvalue weighted by Gasteiger charge is -2.38. The van der Waals surface area contributed by atoms with E-state index in [1.54, 1.807) is 0 Å². The van der Waals surface area contributed by atoms with Crippen LogP contribution in [0.15, 0.2) is 97.1 Å². The topological polar surface area (TPSA) is 0 Å². The third-order valence-electron chi connectivity index (χ3n) is 14.2. The molecule has 0 nitrogen and oxygen atoms in total. The van der Waals surface area contributed by atoms with E-state index >= 15 is 0 Å². The second-order valence-corrected chi connectivity index (χ2v) is 29.7. The first-order chi connectivity index (χ1) is 26.7. The van der Waals surface area contributed by atoms with Crippen molar-refractivity contribution in [2.45, 2.75) is 116 Å². The number of rotatable bonds is 6. The van der Waals surface area contributed by atoms with Crippen molar-refractivity contribution in [3.05, 3.63) is 108 Å². The molecule has 0 aliphatic rings. The first-order valence-electron chi connectivity index (χ1n) is 21.2. The molecule has 8 aromatic carbocycles. The monoisotopic (exact) mass is 762 g/mol. The van der Waals surface area contributed by atoms with Crippen LogP contribution >= 0.6 is 0 Å². The molecule has 0 amide bonds. The third-order valence-corrected chi connectivity index (χ3v) is 26.7. The van der Waals surface area contributed by atoms with Gasteiger partial charge in [0.1, 0.15) is 16.1 Å². The number of benzene rings is 8. The fraction of sp³-hybridized carbons (Fsp3) is 0.333. The Bertz CT molecular complexity index is 2700. The number of hydrogen-bond donors (Lipinski definition) is 0. The Morgan fingerprint density at radius 2 is 0.589 bits per heavy atom. The van der Waals surface area contributed by atoms with Crippen LogP contribution in [0.1, 0.15) is 94.2 Å². The first-order valence-corrected chi connectivity index (χ1v) is 25.7. The summed E-state index contributed by atoms with van der Waals surface area (Å²) in [4.78, 5) is 0. The molecule has 8 aromatic rings. The van der Waals surface area contributed by atoms with E-state index in [2.05, 4.69) is 203 Å². The Balaban J connectivity index is 1.51. The zero-order chi connectivity index (χ0) is 39.8. The fourth-order valence-corrected chi connectivity index (χ4v) is 22.1. The molecule has 0 fully saturated rings. The van der Waals surface area contributed by atoms with Crippen molar-refractivity contribution in [1.82, 2.24) is 0 Å². The molecule has 0 aromatic heterocycles. The second kappa shape index (κ2) is 14.1. The Morgan fingerprint density at radius 1 is 0.304 bits per heavy atom. The lowest BCUT2D eigenvalue weighted by atomic mass is 9.84. The predicted molar refractivity (Wildman–Crippen MR) is 256 cm³/mol. The molecule has 0 bridgehead atoms. The maximum atomic E-state index is 4.10. The van der Waals surface area contributed by atoms with Crippen molar-refractivity contribution in [3.8, 4) is 22.9 Å². The first kappa shape index (κ1) is 38.3. The van der Waals surface area contributed by atoms with Crippen LogP contribution in [-0.2, 0) is 0 Å². The highest BCUT2D eigenvalue weighted by Gasteiger charge is 2.43. The van der Waals surface area contributed by atoms with Crippen molar-refractivity contribution in [2.24, 2.45) is 0 Å². The number of hydrogen-bond acceptors (Lipinski definition) is 0. The van der Waals surface area contributed by atoms with Gasteiger partial charge in [-0.1, -0.05) is 180 Å². The molecule has 0 unspecified atom stereocenters. The van der Waals surface area contributed by atoms with Gasteiger partial charge in [-0.05, 0) is 121 Å². The molecule has 282 valence electrons. The van der Waals surface area contributed by atoms with Crippen LogP contribution in [0.3, 0.4) is 0 Å². The lowest BCUT2D eigenvalue weighted by Crippen LogP contribution is -2.43. The normalized spacial score (nSPS) is 13.0. The van der Waals surface area contributed by atoms with E-state index in [0.29, 0.717) is 33.2 Å². The highest BCUT2D eigenvalue weighted by atomic mass is 28.3. The molecule has 0 N–H and O–H groups in total. The van der Waals surface area contributed by atoms with Gasteiger partial charge >= 0.3 is 0 Å². The number of fused-ring (bicyclic) bond motifs is 7. The van der Waals surface area contributed by atoms with Gasteiger partial charge in [0.05, 0.1) is 0 Å². The molecular weight excluding hydrogens is 705 g/mol. The largest absolute Gasteiger partial charge is 0.146 e. The summed E-state index contributed by atoms with van der Waals surface area (Å²) in [6.45, 7) is 28.9. The van der Waals surface area contributed by atoms with Crippen molar-refractivity contribution in [1.29, 1.82) is 0 Å². The van der Waals surface area contributed by atoms with E-state index in [1.807, 2.05) is 0 Å². The minimum atomic E-state index is -1.96. The molecule has 0 aliphatic carbocycles. The SMILES string of the molecule is CC(C)[Si](C#Cc1c2ccccc2c2cc3c(cc4c5ccccc5c(C#C[Si](C(C)C)(C(C)C)C(C)C)c5cccc3c54)c3cccc1c23)(C(C)C)C(C)C. The van der Waals surface area contributed by atoms with Crippen LogP contribution in [0, 0.1) is 22.9 Å². The van der Waals surface area contributed by atoms with Gasteiger partial charge in [0.2, 0.25) is 0 Å². The second-order valence-electron chi connectivity index (χ2n) is 18.5. The summed E-state index contributed by atoms with van der Waals surface area (Å²) < 4.78 is 0. The van der Waals surface area contributed by atoms with Crippen LogP contribution in [0.4, 0.5) is 0 Å². The smallest absolute Gasteiger partial charge is 0.125 e. The van der Waals surface area contributed by atoms with Gasteiger partial charge in [0, 0.05) is 11.1 Å². The highest BCUT2D eigenvalue weighted by Crippen LogP contribution is 2.47. The molecule has 2 heteroatoms. The maximum absolute atomic E-state index is 4.10. The van der Waals surface area contributed by atoms with E-state index in [4.69, 9.17) is 0 Å². The van der Waals surface area contributed by atoms with Crippen LogP contribution in [0.2, 0.25) is 33.2 Å². The molecule has 8 rings (SSSR count). The Morgan fingerprint density at radius 3 is 0.911 bits per heavy atom. The Kier molecular flexibility index (Phi) is 9.63. The van der Waals surface area contributed by atoms with E-state index < -0.39 is 16.1 Å². The molecule has 0 saturated carbocycles. The average Bonchev–Trinajstić information content (AvgIpc) is 3.16. The van der Waals surface area contributed by atoms with Gasteiger partial charge in [-0.3, -0.25) is 0 Å². The third kappa shape index (κ3) is 5.47. The summed E-state index contributed by atoms with van der Waals surface area (Å²) >= 11 is 0. The van der Waals surface area contributed by atoms with E-state index in [9.17, 15) is 0 Å². The van der Waals surface area contributed by atoms with Gasteiger partial charge in [-0.2, -0.15) is 0 Å². The Labute approximate surface area is 337 Å². The van der Waals surface area contributed by atoms with Gasteiger partial charge in [0.25, 0.3) is 0 Å². The summed E-state index contributed by atoms with van der Waals surface area (Å²) in [5.41, 5.74) is 14.0. The zero-order valence-corrected chi connectivity index (χ0v) is 37.7. The van der Waals surface area contributed by atoms with Crippen molar-refractivity contribution in [3.63, 3.8) is 0 Å². The van der Waals surface area contributed by atoms with Crippen molar-refractivity contribution in [2.75, 3.05) is 0 Å². The van der Waals surface area contributed by atoms with E-state index in [-0.39, 0.29) is 0 Å². The highest BCUT2D eigenvalue weighted by molar-refractivity contribution is 6.91. The molecule has 0 atom stereocenters. The quantitative estimate of drug-likeness (QED) is 0.0685. The average molecular weight is 763 g/mol. The molecule has 0 spiro atoms. The van der Waals surface area contributed by atoms with Crippen molar-refractivity contribution < 1.29 is 0 Å². The van der Waals surface area contributed by atoms with Crippen molar-refractivity contribution >= 4 is 91.6 Å². The van der Waals surface area contributed by atoms with E-state index in [1.165, 1.54) is 86.5 Å². The lowest BCUT2D eigenvalue weighted by molar-refractivity contribution is 0.838. The summed E-state index contributed by atoms with van der Waals surface area (Å²) in [6, 6.07) is 36.9. The van der Waals surface area contributed by atoms with Gasteiger partial charge < -0.3 is 0 Å². The molecular formula is C54H58Si2. The summed E-state index contributed by atoms with van der Waals surface area (Å²) in [5.74, 6) is 7.91. The van der Waals surface area contributed by atoms with Gasteiger partial charge in [-0.25, -0.2) is 0 Å². The molecule has 0 saturated heterocycles. The minimum absolute atomic E-state index is 0.577. The molecule has 0 radical (unpaired) electrons. The fourth-order valence-electron chi connectivity index (χ4n) is 11.6. The Hall–Kier alpha value is -4.61. The molecule has 0 heterocycles. The summed E-state index contributed by atoms with van der Waals surface area (Å²) in [5, 5.41) is 18.1. The van der Waals surface area contributed by atoms with Crippen LogP contribution in [0.25, 0.3) is 75.4 Å². The van der Waals surface area contributed by atoms with Gasteiger partial charge in [-0.15, -0.1) is 11.1 Å². The summed E-state index contributed by atoms with van der Waals surface area (Å²) in [6.07, 6.45) is 0. The molecule has 56 heavy (non-hydrogen) atoms. The van der Waals surface area contributed by atoms with Gasteiger partial charge in [0.15, 0.2) is 0 Å². The molecule has 0 aliphatic heterocycles. The zero-order valence-electron chi connectivity index (χ0n) is 35.7. The maximum Gasteiger partial charge on any atom is 0.146 e. The minimum Gasteiger partial charge on any atom is -0.125 e.